The molecule has 1 aromatic heterocycles. The molecular formula is C10H14IN3O3. The number of oxime groups is 1. The van der Waals surface area contributed by atoms with E-state index in [-0.39, 0.29) is 24.0 Å². The Kier molecular flexibility index (Phi) is 6.47. The van der Waals surface area contributed by atoms with Crippen molar-refractivity contribution in [3.8, 4) is 5.75 Å². The first-order valence-corrected chi connectivity index (χ1v) is 4.61. The molecule has 0 radical (unpaired) electrons. The van der Waals surface area contributed by atoms with Crippen LogP contribution in [0, 0.1) is 0 Å². The SMILES string of the molecule is CN(C)C(=O)Oc1ccc[n+](C)c1C=NO.[I-]. The van der Waals surface area contributed by atoms with Gasteiger partial charge in [-0.15, -0.1) is 0 Å². The lowest BCUT2D eigenvalue weighted by molar-refractivity contribution is -0.672. The minimum atomic E-state index is -0.487. The van der Waals surface area contributed by atoms with Crippen LogP contribution < -0.4 is 33.3 Å². The lowest BCUT2D eigenvalue weighted by atomic mass is 10.3. The third-order valence-corrected chi connectivity index (χ3v) is 1.93. The third kappa shape index (κ3) is 4.17. The molecule has 0 saturated heterocycles. The Morgan fingerprint density at radius 3 is 2.76 bits per heavy atom. The first-order valence-electron chi connectivity index (χ1n) is 4.61. The van der Waals surface area contributed by atoms with Gasteiger partial charge in [-0.1, -0.05) is 5.16 Å². The number of aromatic nitrogens is 1. The van der Waals surface area contributed by atoms with Gasteiger partial charge in [0.15, 0.2) is 6.20 Å². The van der Waals surface area contributed by atoms with Crippen LogP contribution in [0.5, 0.6) is 5.75 Å². The predicted octanol–water partition coefficient (Wildman–Crippen LogP) is -2.62. The molecule has 1 aromatic rings. The van der Waals surface area contributed by atoms with E-state index in [9.17, 15) is 4.79 Å². The van der Waals surface area contributed by atoms with Crippen LogP contribution in [-0.4, -0.2) is 36.5 Å². The van der Waals surface area contributed by atoms with Crippen LogP contribution in [0.1, 0.15) is 5.69 Å². The van der Waals surface area contributed by atoms with Crippen molar-refractivity contribution < 1.29 is 43.3 Å². The van der Waals surface area contributed by atoms with Crippen LogP contribution in [0.4, 0.5) is 4.79 Å². The van der Waals surface area contributed by atoms with Crippen molar-refractivity contribution in [1.29, 1.82) is 0 Å². The molecule has 1 heterocycles. The van der Waals surface area contributed by atoms with Crippen molar-refractivity contribution in [2.75, 3.05) is 14.1 Å². The zero-order valence-corrected chi connectivity index (χ0v) is 12.0. The zero-order chi connectivity index (χ0) is 12.1. The molecule has 0 aliphatic rings. The van der Waals surface area contributed by atoms with Gasteiger partial charge in [0.1, 0.15) is 13.3 Å². The summed E-state index contributed by atoms with van der Waals surface area (Å²) >= 11 is 0. The Morgan fingerprint density at radius 1 is 1.59 bits per heavy atom. The van der Waals surface area contributed by atoms with Gasteiger partial charge in [0, 0.05) is 20.2 Å². The van der Waals surface area contributed by atoms with Crippen LogP contribution in [0.3, 0.4) is 0 Å². The molecule has 0 spiro atoms. The number of rotatable bonds is 2. The highest BCUT2D eigenvalue weighted by molar-refractivity contribution is 5.80. The summed E-state index contributed by atoms with van der Waals surface area (Å²) in [4.78, 5) is 12.7. The molecule has 0 bridgehead atoms. The summed E-state index contributed by atoms with van der Waals surface area (Å²) in [5, 5.41) is 11.4. The van der Waals surface area contributed by atoms with Crippen molar-refractivity contribution in [2.45, 2.75) is 0 Å². The second kappa shape index (κ2) is 7.05. The van der Waals surface area contributed by atoms with Crippen LogP contribution in [0.15, 0.2) is 23.5 Å². The number of aryl methyl sites for hydroxylation is 1. The van der Waals surface area contributed by atoms with Gasteiger partial charge in [-0.2, -0.15) is 4.57 Å². The summed E-state index contributed by atoms with van der Waals surface area (Å²) in [5.74, 6) is 0.335. The minimum Gasteiger partial charge on any atom is -1.00 e. The number of nitrogens with zero attached hydrogens (tertiary/aromatic N) is 3. The molecule has 7 heteroatoms. The average molecular weight is 351 g/mol. The molecule has 0 atom stereocenters. The zero-order valence-electron chi connectivity index (χ0n) is 9.79. The number of amides is 1. The van der Waals surface area contributed by atoms with Crippen LogP contribution in [0.2, 0.25) is 0 Å². The topological polar surface area (TPSA) is 66.0 Å². The van der Waals surface area contributed by atoms with E-state index in [0.29, 0.717) is 11.4 Å². The maximum Gasteiger partial charge on any atom is 0.414 e. The van der Waals surface area contributed by atoms with Gasteiger partial charge < -0.3 is 38.8 Å². The summed E-state index contributed by atoms with van der Waals surface area (Å²) < 4.78 is 6.78. The van der Waals surface area contributed by atoms with Gasteiger partial charge in [-0.25, -0.2) is 4.79 Å². The predicted molar refractivity (Wildman–Crippen MR) is 56.7 cm³/mol. The van der Waals surface area contributed by atoms with Crippen LogP contribution >= 0.6 is 0 Å². The molecule has 0 aliphatic heterocycles. The average Bonchev–Trinajstić information content (AvgIpc) is 2.23. The maximum absolute atomic E-state index is 11.4. The third-order valence-electron chi connectivity index (χ3n) is 1.93. The fourth-order valence-electron chi connectivity index (χ4n) is 1.08. The molecule has 17 heavy (non-hydrogen) atoms. The van der Waals surface area contributed by atoms with Gasteiger partial charge in [0.25, 0.3) is 5.69 Å². The molecule has 0 fully saturated rings. The Hall–Kier alpha value is -1.38. The Balaban J connectivity index is 0.00000256. The Morgan fingerprint density at radius 2 is 2.24 bits per heavy atom. The number of hydrogen-bond donors (Lipinski definition) is 1. The van der Waals surface area contributed by atoms with E-state index in [2.05, 4.69) is 5.16 Å². The van der Waals surface area contributed by atoms with Crippen LogP contribution in [0.25, 0.3) is 0 Å². The molecule has 0 unspecified atom stereocenters. The van der Waals surface area contributed by atoms with Crippen LogP contribution in [-0.2, 0) is 7.05 Å². The number of ether oxygens (including phenoxy) is 1. The molecule has 1 rings (SSSR count). The van der Waals surface area contributed by atoms with E-state index in [1.165, 1.54) is 11.1 Å². The fourth-order valence-corrected chi connectivity index (χ4v) is 1.08. The molecule has 6 nitrogen and oxygen atoms in total. The maximum atomic E-state index is 11.4. The van der Waals surface area contributed by atoms with Gasteiger partial charge in [0.2, 0.25) is 5.75 Å². The second-order valence-corrected chi connectivity index (χ2v) is 3.38. The standard InChI is InChI=1S/C10H13N3O3.HI/c1-12(2)10(14)16-9-5-4-6-13(3)8(9)7-11-15;/h4-7H,1-3H3;1H. The number of carbonyl (C=O) groups is 1. The smallest absolute Gasteiger partial charge is 0.414 e. The summed E-state index contributed by atoms with van der Waals surface area (Å²) in [6.07, 6.45) is 2.47. The summed E-state index contributed by atoms with van der Waals surface area (Å²) in [6, 6.07) is 3.35. The van der Waals surface area contributed by atoms with Crippen molar-refractivity contribution in [1.82, 2.24) is 4.90 Å². The molecule has 0 aromatic carbocycles. The number of halogens is 1. The van der Waals surface area contributed by atoms with Crippen molar-refractivity contribution in [3.05, 3.63) is 24.0 Å². The lowest BCUT2D eigenvalue weighted by Gasteiger charge is -2.10. The van der Waals surface area contributed by atoms with Gasteiger partial charge >= 0.3 is 6.09 Å². The van der Waals surface area contributed by atoms with E-state index in [1.807, 2.05) is 0 Å². The molecule has 0 aliphatic carbocycles. The summed E-state index contributed by atoms with van der Waals surface area (Å²) in [5.41, 5.74) is 0.500. The number of hydrogen-bond acceptors (Lipinski definition) is 4. The van der Waals surface area contributed by atoms with Crippen molar-refractivity contribution >= 4 is 12.3 Å². The molecular weight excluding hydrogens is 337 g/mol. The highest BCUT2D eigenvalue weighted by Gasteiger charge is 2.16. The first kappa shape index (κ1) is 15.6. The molecule has 94 valence electrons. The Labute approximate surface area is 117 Å². The van der Waals surface area contributed by atoms with E-state index in [0.717, 1.165) is 0 Å². The van der Waals surface area contributed by atoms with Gasteiger partial charge in [0.05, 0.1) is 0 Å². The van der Waals surface area contributed by atoms with E-state index < -0.39 is 6.09 Å². The minimum absolute atomic E-state index is 0. The van der Waals surface area contributed by atoms with E-state index >= 15 is 0 Å². The van der Waals surface area contributed by atoms with Gasteiger partial charge in [-0.3, -0.25) is 0 Å². The van der Waals surface area contributed by atoms with E-state index in [1.54, 1.807) is 44.0 Å². The van der Waals surface area contributed by atoms with E-state index in [4.69, 9.17) is 9.94 Å². The molecule has 0 saturated carbocycles. The monoisotopic (exact) mass is 351 g/mol. The normalized spacial score (nSPS) is 9.82. The quantitative estimate of drug-likeness (QED) is 0.209. The highest BCUT2D eigenvalue weighted by atomic mass is 127. The Bertz CT molecular complexity index is 421. The first-order chi connectivity index (χ1) is 7.56. The molecule has 1 amide bonds. The molecule has 1 N–H and O–H groups in total. The fraction of sp³-hybridized carbons (Fsp3) is 0.300. The van der Waals surface area contributed by atoms with Crippen molar-refractivity contribution in [2.24, 2.45) is 12.2 Å². The number of pyridine rings is 1. The lowest BCUT2D eigenvalue weighted by Crippen LogP contribution is -3.00. The summed E-state index contributed by atoms with van der Waals surface area (Å²) in [6.45, 7) is 0. The largest absolute Gasteiger partial charge is 1.00 e. The highest BCUT2D eigenvalue weighted by Crippen LogP contribution is 2.12. The number of carbonyl (C=O) groups excluding carboxylic acids is 1. The van der Waals surface area contributed by atoms with Crippen molar-refractivity contribution in [3.63, 3.8) is 0 Å². The second-order valence-electron chi connectivity index (χ2n) is 3.38. The summed E-state index contributed by atoms with van der Waals surface area (Å²) in [7, 11) is 4.93. The van der Waals surface area contributed by atoms with Gasteiger partial charge in [-0.05, 0) is 6.07 Å².